The Balaban J connectivity index is 2.96. The summed E-state index contributed by atoms with van der Waals surface area (Å²) in [4.78, 5) is 0. The van der Waals surface area contributed by atoms with Crippen molar-refractivity contribution in [3.63, 3.8) is 0 Å². The van der Waals surface area contributed by atoms with E-state index >= 15 is 0 Å². The van der Waals surface area contributed by atoms with Crippen molar-refractivity contribution in [1.82, 2.24) is 5.32 Å². The smallest absolute Gasteiger partial charge is 0.179 e. The first-order chi connectivity index (χ1) is 8.51. The Morgan fingerprint density at radius 3 is 2.44 bits per heavy atom. The molecule has 0 fully saturated rings. The Bertz CT molecular complexity index is 396. The van der Waals surface area contributed by atoms with E-state index < -0.39 is 6.10 Å². The predicted molar refractivity (Wildman–Crippen MR) is 72.7 cm³/mol. The third-order valence-corrected chi connectivity index (χ3v) is 2.98. The quantitative estimate of drug-likeness (QED) is 0.836. The van der Waals surface area contributed by atoms with Crippen LogP contribution in [0.2, 0.25) is 5.02 Å². The lowest BCUT2D eigenvalue weighted by atomic mass is 10.1. The number of ether oxygens (including phenoxy) is 2. The number of aliphatic hydroxyl groups is 1. The number of hydrogen-bond donors (Lipinski definition) is 2. The Labute approximate surface area is 113 Å². The van der Waals surface area contributed by atoms with Crippen LogP contribution in [0, 0.1) is 0 Å². The van der Waals surface area contributed by atoms with E-state index in [0.29, 0.717) is 34.7 Å². The Kier molecular flexibility index (Phi) is 5.72. The lowest BCUT2D eigenvalue weighted by Gasteiger charge is -2.18. The highest BCUT2D eigenvalue weighted by Crippen LogP contribution is 2.39. The molecule has 0 amide bonds. The van der Waals surface area contributed by atoms with Crippen molar-refractivity contribution in [1.29, 1.82) is 0 Å². The molecule has 0 aliphatic heterocycles. The van der Waals surface area contributed by atoms with Gasteiger partial charge in [-0.15, -0.1) is 0 Å². The average molecular weight is 274 g/mol. The summed E-state index contributed by atoms with van der Waals surface area (Å²) in [5.41, 5.74) is 0.627. The summed E-state index contributed by atoms with van der Waals surface area (Å²) in [7, 11) is 3.07. The molecule has 0 aliphatic rings. The van der Waals surface area contributed by atoms with Gasteiger partial charge in [0.1, 0.15) is 0 Å². The molecule has 1 aromatic rings. The van der Waals surface area contributed by atoms with E-state index in [-0.39, 0.29) is 0 Å². The molecule has 0 heterocycles. The van der Waals surface area contributed by atoms with Crippen LogP contribution in [0.5, 0.6) is 11.5 Å². The SMILES string of the molecule is COc1ccc([C@@H](O)CNC(C)C)c(Cl)c1OC. The molecule has 0 saturated carbocycles. The molecule has 18 heavy (non-hydrogen) atoms. The largest absolute Gasteiger partial charge is 0.493 e. The van der Waals surface area contributed by atoms with Gasteiger partial charge in [0.05, 0.1) is 25.3 Å². The third-order valence-electron chi connectivity index (χ3n) is 2.59. The zero-order valence-corrected chi connectivity index (χ0v) is 11.9. The molecule has 1 rings (SSSR count). The first kappa shape index (κ1) is 15.1. The molecule has 0 aliphatic carbocycles. The van der Waals surface area contributed by atoms with Crippen molar-refractivity contribution in [2.45, 2.75) is 26.0 Å². The van der Waals surface area contributed by atoms with Crippen LogP contribution in [-0.2, 0) is 0 Å². The summed E-state index contributed by atoms with van der Waals surface area (Å²) in [6.07, 6.45) is -0.681. The van der Waals surface area contributed by atoms with E-state index in [1.54, 1.807) is 19.2 Å². The maximum atomic E-state index is 10.1. The summed E-state index contributed by atoms with van der Waals surface area (Å²) in [5, 5.41) is 13.6. The molecular formula is C13H20ClNO3. The fraction of sp³-hybridized carbons (Fsp3) is 0.538. The molecule has 1 atom stereocenters. The van der Waals surface area contributed by atoms with Crippen LogP contribution in [0.4, 0.5) is 0 Å². The summed E-state index contributed by atoms with van der Waals surface area (Å²) in [6, 6.07) is 3.79. The highest BCUT2D eigenvalue weighted by molar-refractivity contribution is 6.33. The van der Waals surface area contributed by atoms with Gasteiger partial charge in [0.15, 0.2) is 11.5 Å². The van der Waals surface area contributed by atoms with Gasteiger partial charge in [0.25, 0.3) is 0 Å². The lowest BCUT2D eigenvalue weighted by Crippen LogP contribution is -2.28. The zero-order valence-electron chi connectivity index (χ0n) is 11.2. The highest BCUT2D eigenvalue weighted by Gasteiger charge is 2.18. The molecule has 5 heteroatoms. The number of rotatable bonds is 6. The van der Waals surface area contributed by atoms with Gasteiger partial charge in [-0.25, -0.2) is 0 Å². The van der Waals surface area contributed by atoms with Gasteiger partial charge in [-0.05, 0) is 6.07 Å². The van der Waals surface area contributed by atoms with E-state index in [2.05, 4.69) is 5.32 Å². The van der Waals surface area contributed by atoms with E-state index in [1.165, 1.54) is 7.11 Å². The lowest BCUT2D eigenvalue weighted by molar-refractivity contribution is 0.171. The molecule has 0 bridgehead atoms. The fourth-order valence-electron chi connectivity index (χ4n) is 1.62. The van der Waals surface area contributed by atoms with Crippen LogP contribution in [0.25, 0.3) is 0 Å². The zero-order chi connectivity index (χ0) is 13.7. The minimum atomic E-state index is -0.681. The molecule has 0 aromatic heterocycles. The van der Waals surface area contributed by atoms with Crippen LogP contribution in [0.1, 0.15) is 25.5 Å². The normalized spacial score (nSPS) is 12.6. The third kappa shape index (κ3) is 3.51. The molecule has 0 radical (unpaired) electrons. The van der Waals surface area contributed by atoms with Crippen molar-refractivity contribution in [3.05, 3.63) is 22.7 Å². The summed E-state index contributed by atoms with van der Waals surface area (Å²) >= 11 is 6.21. The molecule has 4 nitrogen and oxygen atoms in total. The molecule has 0 saturated heterocycles. The van der Waals surface area contributed by atoms with Crippen molar-refractivity contribution in [2.24, 2.45) is 0 Å². The maximum absolute atomic E-state index is 10.1. The molecule has 1 aromatic carbocycles. The second-order valence-corrected chi connectivity index (χ2v) is 4.66. The van der Waals surface area contributed by atoms with Gasteiger partial charge in [0, 0.05) is 18.2 Å². The summed E-state index contributed by atoms with van der Waals surface area (Å²) in [5.74, 6) is 0.996. The van der Waals surface area contributed by atoms with Crippen LogP contribution in [0.3, 0.4) is 0 Å². The topological polar surface area (TPSA) is 50.7 Å². The molecule has 2 N–H and O–H groups in total. The minimum absolute atomic E-state index is 0.304. The van der Waals surface area contributed by atoms with Gasteiger partial charge in [-0.3, -0.25) is 0 Å². The number of hydrogen-bond acceptors (Lipinski definition) is 4. The Morgan fingerprint density at radius 2 is 1.94 bits per heavy atom. The minimum Gasteiger partial charge on any atom is -0.493 e. The monoisotopic (exact) mass is 273 g/mol. The average Bonchev–Trinajstić information content (AvgIpc) is 2.35. The highest BCUT2D eigenvalue weighted by atomic mass is 35.5. The summed E-state index contributed by atoms with van der Waals surface area (Å²) < 4.78 is 10.3. The number of aliphatic hydroxyl groups excluding tert-OH is 1. The van der Waals surface area contributed by atoms with Gasteiger partial charge in [-0.1, -0.05) is 31.5 Å². The standard InChI is InChI=1S/C13H20ClNO3/c1-8(2)15-7-10(16)9-5-6-11(17-3)13(18-4)12(9)14/h5-6,8,10,15-16H,7H2,1-4H3/t10-/m0/s1. The Hall–Kier alpha value is -0.970. The van der Waals surface area contributed by atoms with Crippen LogP contribution < -0.4 is 14.8 Å². The molecular weight excluding hydrogens is 254 g/mol. The summed E-state index contributed by atoms with van der Waals surface area (Å²) in [6.45, 7) is 4.47. The van der Waals surface area contributed by atoms with E-state index in [0.717, 1.165) is 0 Å². The fourth-order valence-corrected chi connectivity index (χ4v) is 1.98. The van der Waals surface area contributed by atoms with Crippen molar-refractivity contribution in [3.8, 4) is 11.5 Å². The van der Waals surface area contributed by atoms with Gasteiger partial charge in [-0.2, -0.15) is 0 Å². The van der Waals surface area contributed by atoms with E-state index in [1.807, 2.05) is 13.8 Å². The van der Waals surface area contributed by atoms with Crippen molar-refractivity contribution < 1.29 is 14.6 Å². The number of nitrogens with one attached hydrogen (secondary N) is 1. The molecule has 0 spiro atoms. The molecule has 0 unspecified atom stereocenters. The first-order valence-electron chi connectivity index (χ1n) is 5.83. The van der Waals surface area contributed by atoms with Crippen molar-refractivity contribution in [2.75, 3.05) is 20.8 Å². The van der Waals surface area contributed by atoms with Crippen LogP contribution >= 0.6 is 11.6 Å². The Morgan fingerprint density at radius 1 is 1.28 bits per heavy atom. The maximum Gasteiger partial charge on any atom is 0.179 e. The van der Waals surface area contributed by atoms with Gasteiger partial charge < -0.3 is 19.9 Å². The first-order valence-corrected chi connectivity index (χ1v) is 6.20. The van der Waals surface area contributed by atoms with Crippen LogP contribution in [-0.4, -0.2) is 31.9 Å². The van der Waals surface area contributed by atoms with Crippen LogP contribution in [0.15, 0.2) is 12.1 Å². The van der Waals surface area contributed by atoms with Gasteiger partial charge >= 0.3 is 0 Å². The number of benzene rings is 1. The van der Waals surface area contributed by atoms with E-state index in [9.17, 15) is 5.11 Å². The van der Waals surface area contributed by atoms with E-state index in [4.69, 9.17) is 21.1 Å². The second kappa shape index (κ2) is 6.83. The number of halogens is 1. The predicted octanol–water partition coefficient (Wildman–Crippen LogP) is 2.39. The molecule has 102 valence electrons. The number of methoxy groups -OCH3 is 2. The van der Waals surface area contributed by atoms with Gasteiger partial charge in [0.2, 0.25) is 0 Å². The van der Waals surface area contributed by atoms with Crippen molar-refractivity contribution >= 4 is 11.6 Å². The second-order valence-electron chi connectivity index (χ2n) is 4.28.